The summed E-state index contributed by atoms with van der Waals surface area (Å²) in [4.78, 5) is 13.9. The van der Waals surface area contributed by atoms with Crippen LogP contribution in [0.15, 0.2) is 36.4 Å². The van der Waals surface area contributed by atoms with E-state index < -0.39 is 18.6 Å². The number of halogens is 3. The normalized spacial score (nSPS) is 10.9. The van der Waals surface area contributed by atoms with E-state index in [-0.39, 0.29) is 36.8 Å². The van der Waals surface area contributed by atoms with Gasteiger partial charge in [-0.3, -0.25) is 4.79 Å². The average Bonchev–Trinajstić information content (AvgIpc) is 2.74. The Bertz CT molecular complexity index is 926. The number of amides is 1. The largest absolute Gasteiger partial charge is 0.490 e. The van der Waals surface area contributed by atoms with Gasteiger partial charge < -0.3 is 19.1 Å². The van der Waals surface area contributed by atoms with Crippen molar-refractivity contribution in [3.63, 3.8) is 0 Å². The van der Waals surface area contributed by atoms with Crippen LogP contribution in [0, 0.1) is 11.3 Å². The zero-order valence-corrected chi connectivity index (χ0v) is 18.2. The van der Waals surface area contributed by atoms with Crippen LogP contribution in [-0.2, 0) is 6.54 Å². The summed E-state index contributed by atoms with van der Waals surface area (Å²) in [5, 5.41) is 8.90. The lowest BCUT2D eigenvalue weighted by molar-refractivity contribution is -0.141. The van der Waals surface area contributed by atoms with E-state index in [1.165, 1.54) is 36.4 Å². The molecule has 172 valence electrons. The molecule has 32 heavy (non-hydrogen) atoms. The van der Waals surface area contributed by atoms with E-state index in [2.05, 4.69) is 0 Å². The Morgan fingerprint density at radius 2 is 1.50 bits per heavy atom. The van der Waals surface area contributed by atoms with Crippen molar-refractivity contribution in [3.05, 3.63) is 53.1 Å². The molecular weight excluding hydrogens is 425 g/mol. The fourth-order valence-electron chi connectivity index (χ4n) is 3.02. The molecule has 2 aromatic rings. The highest BCUT2D eigenvalue weighted by atomic mass is 19.4. The first-order chi connectivity index (χ1) is 15.2. The molecule has 9 heteroatoms. The van der Waals surface area contributed by atoms with Crippen molar-refractivity contribution in [2.24, 2.45) is 0 Å². The molecule has 0 aliphatic heterocycles. The van der Waals surface area contributed by atoms with Crippen LogP contribution in [0.3, 0.4) is 0 Å². The molecule has 2 rings (SSSR count). The van der Waals surface area contributed by atoms with Crippen LogP contribution in [0.4, 0.5) is 13.2 Å². The van der Waals surface area contributed by atoms with Crippen molar-refractivity contribution >= 4 is 5.91 Å². The third kappa shape index (κ3) is 6.80. The Balaban J connectivity index is 2.46. The highest BCUT2D eigenvalue weighted by Gasteiger charge is 2.34. The van der Waals surface area contributed by atoms with Gasteiger partial charge in [-0.2, -0.15) is 18.4 Å². The van der Waals surface area contributed by atoms with Crippen LogP contribution in [0.1, 0.15) is 42.3 Å². The van der Waals surface area contributed by atoms with E-state index in [4.69, 9.17) is 19.5 Å². The lowest BCUT2D eigenvalue weighted by atomic mass is 10.1. The van der Waals surface area contributed by atoms with Crippen LogP contribution < -0.4 is 14.2 Å². The van der Waals surface area contributed by atoms with Gasteiger partial charge in [0.05, 0.1) is 31.5 Å². The SMILES string of the molecule is CCOc1cc(C(=O)N(Cc2ccc(C#N)cc2)CC(F)(F)F)cc(OCC)c1OCC. The van der Waals surface area contributed by atoms with Crippen molar-refractivity contribution < 1.29 is 32.2 Å². The van der Waals surface area contributed by atoms with Gasteiger partial charge in [0.25, 0.3) is 5.91 Å². The predicted octanol–water partition coefficient (Wildman–Crippen LogP) is 4.96. The molecule has 0 atom stereocenters. The van der Waals surface area contributed by atoms with Crippen LogP contribution in [0.25, 0.3) is 0 Å². The molecule has 0 bridgehead atoms. The van der Waals surface area contributed by atoms with Crippen molar-refractivity contribution in [3.8, 4) is 23.3 Å². The van der Waals surface area contributed by atoms with Gasteiger partial charge in [-0.25, -0.2) is 0 Å². The number of nitriles is 1. The summed E-state index contributed by atoms with van der Waals surface area (Å²) in [6, 6.07) is 10.7. The third-order valence-corrected chi connectivity index (χ3v) is 4.27. The molecule has 0 aliphatic carbocycles. The third-order valence-electron chi connectivity index (χ3n) is 4.27. The second-order valence-electron chi connectivity index (χ2n) is 6.69. The smallest absolute Gasteiger partial charge is 0.406 e. The summed E-state index contributed by atoms with van der Waals surface area (Å²) in [6.07, 6.45) is -4.60. The van der Waals surface area contributed by atoms with Gasteiger partial charge in [-0.05, 0) is 50.6 Å². The zero-order chi connectivity index (χ0) is 23.7. The summed E-state index contributed by atoms with van der Waals surface area (Å²) in [5.74, 6) is -0.109. The number of benzene rings is 2. The Labute approximate surface area is 185 Å². The minimum Gasteiger partial charge on any atom is -0.490 e. The molecule has 0 aliphatic rings. The van der Waals surface area contributed by atoms with Crippen molar-refractivity contribution in [1.29, 1.82) is 5.26 Å². The second kappa shape index (κ2) is 11.3. The van der Waals surface area contributed by atoms with Crippen molar-refractivity contribution in [2.75, 3.05) is 26.4 Å². The van der Waals surface area contributed by atoms with Crippen molar-refractivity contribution in [2.45, 2.75) is 33.5 Å². The van der Waals surface area contributed by atoms with E-state index >= 15 is 0 Å². The average molecular weight is 450 g/mol. The molecule has 0 saturated carbocycles. The molecule has 0 radical (unpaired) electrons. The van der Waals surface area contributed by atoms with E-state index in [1.807, 2.05) is 6.07 Å². The van der Waals surface area contributed by atoms with Gasteiger partial charge in [0, 0.05) is 12.1 Å². The van der Waals surface area contributed by atoms with Gasteiger partial charge in [-0.15, -0.1) is 0 Å². The Kier molecular flexibility index (Phi) is 8.76. The predicted molar refractivity (Wildman–Crippen MR) is 112 cm³/mol. The lowest BCUT2D eigenvalue weighted by Crippen LogP contribution is -2.38. The number of rotatable bonds is 10. The van der Waals surface area contributed by atoms with E-state index in [0.717, 1.165) is 0 Å². The number of carbonyl (C=O) groups is 1. The highest BCUT2D eigenvalue weighted by Crippen LogP contribution is 2.39. The van der Waals surface area contributed by atoms with E-state index in [1.54, 1.807) is 20.8 Å². The maximum atomic E-state index is 13.3. The van der Waals surface area contributed by atoms with Crippen molar-refractivity contribution in [1.82, 2.24) is 4.90 Å². The first-order valence-electron chi connectivity index (χ1n) is 10.1. The first kappa shape index (κ1) is 24.9. The zero-order valence-electron chi connectivity index (χ0n) is 18.2. The Morgan fingerprint density at radius 3 is 1.94 bits per heavy atom. The molecule has 0 fully saturated rings. The maximum absolute atomic E-state index is 13.3. The number of alkyl halides is 3. The standard InChI is InChI=1S/C23H25F3N2O4/c1-4-30-19-11-18(12-20(31-5-2)21(19)32-6-3)22(29)28(15-23(24,25)26)14-17-9-7-16(13-27)8-10-17/h7-12H,4-6,14-15H2,1-3H3. The van der Waals surface area contributed by atoms with Crippen LogP contribution >= 0.6 is 0 Å². The summed E-state index contributed by atoms with van der Waals surface area (Å²) < 4.78 is 56.5. The van der Waals surface area contributed by atoms with Gasteiger partial charge in [0.1, 0.15) is 6.54 Å². The van der Waals surface area contributed by atoms with Gasteiger partial charge in [0.2, 0.25) is 5.75 Å². The summed E-state index contributed by atoms with van der Waals surface area (Å²) in [6.45, 7) is 4.37. The quantitative estimate of drug-likeness (QED) is 0.512. The minimum atomic E-state index is -4.60. The number of carbonyl (C=O) groups excluding carboxylic acids is 1. The summed E-state index contributed by atoms with van der Waals surface area (Å²) in [5.41, 5.74) is 0.817. The summed E-state index contributed by atoms with van der Waals surface area (Å²) in [7, 11) is 0. The molecular formula is C23H25F3N2O4. The Hall–Kier alpha value is -3.41. The second-order valence-corrected chi connectivity index (χ2v) is 6.69. The Morgan fingerprint density at radius 1 is 0.969 bits per heavy atom. The van der Waals surface area contributed by atoms with Gasteiger partial charge in [-0.1, -0.05) is 12.1 Å². The fraction of sp³-hybridized carbons (Fsp3) is 0.391. The summed E-state index contributed by atoms with van der Waals surface area (Å²) >= 11 is 0. The van der Waals surface area contributed by atoms with E-state index in [9.17, 15) is 18.0 Å². The lowest BCUT2D eigenvalue weighted by Gasteiger charge is -2.25. The van der Waals surface area contributed by atoms with E-state index in [0.29, 0.717) is 28.4 Å². The number of nitrogens with zero attached hydrogens (tertiary/aromatic N) is 2. The number of hydrogen-bond acceptors (Lipinski definition) is 5. The highest BCUT2D eigenvalue weighted by molar-refractivity contribution is 5.95. The molecule has 1 amide bonds. The maximum Gasteiger partial charge on any atom is 0.406 e. The van der Waals surface area contributed by atoms with Crippen LogP contribution in [0.2, 0.25) is 0 Å². The molecule has 0 spiro atoms. The van der Waals surface area contributed by atoms with Crippen LogP contribution in [0.5, 0.6) is 17.2 Å². The fourth-order valence-corrected chi connectivity index (χ4v) is 3.02. The number of hydrogen-bond donors (Lipinski definition) is 0. The molecule has 0 N–H and O–H groups in total. The number of ether oxygens (including phenoxy) is 3. The molecule has 6 nitrogen and oxygen atoms in total. The topological polar surface area (TPSA) is 71.8 Å². The van der Waals surface area contributed by atoms with Gasteiger partial charge in [0.15, 0.2) is 11.5 Å². The first-order valence-corrected chi connectivity index (χ1v) is 10.1. The van der Waals surface area contributed by atoms with Gasteiger partial charge >= 0.3 is 6.18 Å². The monoisotopic (exact) mass is 450 g/mol. The molecule has 0 heterocycles. The molecule has 2 aromatic carbocycles. The minimum absolute atomic E-state index is 0.0155. The van der Waals surface area contributed by atoms with Crippen LogP contribution in [-0.4, -0.2) is 43.3 Å². The molecule has 0 saturated heterocycles. The molecule has 0 aromatic heterocycles. The molecule has 0 unspecified atom stereocenters.